The third kappa shape index (κ3) is 4.34. The summed E-state index contributed by atoms with van der Waals surface area (Å²) in [7, 11) is -1.45. The molecule has 8 heteroatoms. The van der Waals surface area contributed by atoms with Crippen molar-refractivity contribution in [2.75, 3.05) is 13.2 Å². The number of hydrazine groups is 1. The van der Waals surface area contributed by atoms with E-state index in [2.05, 4.69) is 19.6 Å². The maximum absolute atomic E-state index is 12.8. The zero-order valence-corrected chi connectivity index (χ0v) is 16.9. The fourth-order valence-corrected chi connectivity index (χ4v) is 5.95. The third-order valence-corrected chi connectivity index (χ3v) is 6.49. The van der Waals surface area contributed by atoms with E-state index in [-0.39, 0.29) is 31.0 Å². The van der Waals surface area contributed by atoms with Crippen LogP contribution in [0.25, 0.3) is 0 Å². The van der Waals surface area contributed by atoms with Crippen molar-refractivity contribution in [1.29, 1.82) is 0 Å². The summed E-state index contributed by atoms with van der Waals surface area (Å²) in [6, 6.07) is 0.104. The van der Waals surface area contributed by atoms with Gasteiger partial charge >= 0.3 is 12.2 Å². The van der Waals surface area contributed by atoms with Gasteiger partial charge in [0.15, 0.2) is 5.78 Å². The lowest BCUT2D eigenvalue weighted by molar-refractivity contribution is -0.132. The van der Waals surface area contributed by atoms with Crippen LogP contribution in [-0.4, -0.2) is 61.4 Å². The number of rotatable bonds is 4. The number of nitrogens with zero attached hydrogens (tertiary/aromatic N) is 2. The average molecular weight is 371 g/mol. The lowest BCUT2D eigenvalue weighted by Gasteiger charge is -2.45. The molecule has 1 saturated carbocycles. The molecular formula is C17H30N2O5Si. The molecule has 3 aliphatic rings. The van der Waals surface area contributed by atoms with Crippen molar-refractivity contribution >= 4 is 26.0 Å². The number of carbonyl (C=O) groups is 3. The van der Waals surface area contributed by atoms with Crippen LogP contribution in [0.5, 0.6) is 0 Å². The first-order valence-corrected chi connectivity index (χ1v) is 12.8. The van der Waals surface area contributed by atoms with Crippen molar-refractivity contribution in [3.8, 4) is 0 Å². The topological polar surface area (TPSA) is 76.2 Å². The van der Waals surface area contributed by atoms with E-state index in [4.69, 9.17) is 9.47 Å². The minimum atomic E-state index is -1.45. The molecule has 2 amide bonds. The minimum Gasteiger partial charge on any atom is -0.448 e. The van der Waals surface area contributed by atoms with Gasteiger partial charge < -0.3 is 9.47 Å². The van der Waals surface area contributed by atoms with E-state index < -0.39 is 26.3 Å². The van der Waals surface area contributed by atoms with Crippen LogP contribution in [0.4, 0.5) is 9.59 Å². The van der Waals surface area contributed by atoms with Crippen molar-refractivity contribution in [2.24, 2.45) is 5.92 Å². The zero-order chi connectivity index (χ0) is 18.8. The van der Waals surface area contributed by atoms with E-state index in [1.165, 1.54) is 10.0 Å². The second-order valence-corrected chi connectivity index (χ2v) is 13.5. The van der Waals surface area contributed by atoms with Crippen LogP contribution in [-0.2, 0) is 14.3 Å². The summed E-state index contributed by atoms with van der Waals surface area (Å²) in [6.45, 7) is 10.6. The summed E-state index contributed by atoms with van der Waals surface area (Å²) in [4.78, 5) is 37.9. The van der Waals surface area contributed by atoms with Gasteiger partial charge in [0.2, 0.25) is 0 Å². The lowest BCUT2D eigenvalue weighted by Crippen LogP contribution is -2.62. The monoisotopic (exact) mass is 370 g/mol. The summed E-state index contributed by atoms with van der Waals surface area (Å²) in [5, 5.41) is 2.60. The van der Waals surface area contributed by atoms with Crippen LogP contribution < -0.4 is 0 Å². The largest absolute Gasteiger partial charge is 0.448 e. The van der Waals surface area contributed by atoms with Crippen molar-refractivity contribution in [3.05, 3.63) is 0 Å². The molecule has 2 bridgehead atoms. The summed E-state index contributed by atoms with van der Waals surface area (Å²) < 4.78 is 10.3. The first-order valence-electron chi connectivity index (χ1n) is 9.14. The van der Waals surface area contributed by atoms with Gasteiger partial charge in [-0.15, -0.1) is 0 Å². The van der Waals surface area contributed by atoms with E-state index in [9.17, 15) is 14.4 Å². The van der Waals surface area contributed by atoms with Crippen molar-refractivity contribution < 1.29 is 23.9 Å². The van der Waals surface area contributed by atoms with Crippen molar-refractivity contribution in [1.82, 2.24) is 10.0 Å². The van der Waals surface area contributed by atoms with Crippen LogP contribution in [0.15, 0.2) is 0 Å². The molecule has 2 aliphatic heterocycles. The highest BCUT2D eigenvalue weighted by molar-refractivity contribution is 6.76. The van der Waals surface area contributed by atoms with Gasteiger partial charge in [0.05, 0.1) is 19.3 Å². The average Bonchev–Trinajstić information content (AvgIpc) is 2.71. The molecule has 0 aromatic carbocycles. The highest BCUT2D eigenvalue weighted by Crippen LogP contribution is 2.39. The van der Waals surface area contributed by atoms with E-state index in [0.29, 0.717) is 19.3 Å². The van der Waals surface area contributed by atoms with Crippen molar-refractivity contribution in [3.63, 3.8) is 0 Å². The van der Waals surface area contributed by atoms with Crippen LogP contribution in [0.3, 0.4) is 0 Å². The molecule has 1 aliphatic carbocycles. The maximum Gasteiger partial charge on any atom is 0.429 e. The van der Waals surface area contributed by atoms with Crippen LogP contribution in [0, 0.1) is 5.92 Å². The number of ketones is 1. The standard InChI is InChI=1S/C17H30N2O5Si/c1-6-23-16(21)18-13-8-9-14(19(18)17(22)24-7-2)15(20)10-12(13)11-25(3,4)5/h12-14H,6-11H2,1-5H3/t12?,13-,14+/m1/s1. The van der Waals surface area contributed by atoms with Crippen LogP contribution in [0.2, 0.25) is 25.7 Å². The molecule has 2 heterocycles. The zero-order valence-electron chi connectivity index (χ0n) is 15.9. The summed E-state index contributed by atoms with van der Waals surface area (Å²) in [5.41, 5.74) is 0. The predicted molar refractivity (Wildman–Crippen MR) is 95.8 cm³/mol. The smallest absolute Gasteiger partial charge is 0.429 e. The Morgan fingerprint density at radius 3 is 2.12 bits per heavy atom. The summed E-state index contributed by atoms with van der Waals surface area (Å²) >= 11 is 0. The number of hydrogen-bond donors (Lipinski definition) is 0. The summed E-state index contributed by atoms with van der Waals surface area (Å²) in [6.07, 6.45) is 0.472. The Bertz CT molecular complexity index is 534. The van der Waals surface area contributed by atoms with Crippen LogP contribution in [0.1, 0.15) is 33.1 Å². The molecule has 25 heavy (non-hydrogen) atoms. The molecule has 1 unspecified atom stereocenters. The molecule has 0 radical (unpaired) electrons. The molecule has 0 aromatic heterocycles. The fraction of sp³-hybridized carbons (Fsp3) is 0.824. The SMILES string of the molecule is CCOC(=O)N1[C@@H]2CC[C@@H](C(=O)CC2C[Si](C)(C)C)N1C(=O)OCC. The third-order valence-electron chi connectivity index (χ3n) is 4.74. The molecule has 2 saturated heterocycles. The molecule has 0 spiro atoms. The number of amides is 2. The van der Waals surface area contributed by atoms with Gasteiger partial charge in [0.1, 0.15) is 6.04 Å². The lowest BCUT2D eigenvalue weighted by atomic mass is 9.96. The van der Waals surface area contributed by atoms with Gasteiger partial charge in [-0.1, -0.05) is 25.7 Å². The number of fused-ring (bicyclic) bond motifs is 4. The number of carbonyl (C=O) groups excluding carboxylic acids is 3. The van der Waals surface area contributed by atoms with Crippen LogP contribution >= 0.6 is 0 Å². The second-order valence-electron chi connectivity index (χ2n) is 7.94. The summed E-state index contributed by atoms with van der Waals surface area (Å²) in [5.74, 6) is 0.0820. The second kappa shape index (κ2) is 7.76. The van der Waals surface area contributed by atoms with E-state index in [0.717, 1.165) is 6.04 Å². The first-order chi connectivity index (χ1) is 11.7. The van der Waals surface area contributed by atoms with Gasteiger partial charge in [0.25, 0.3) is 0 Å². The van der Waals surface area contributed by atoms with E-state index in [1.807, 2.05) is 0 Å². The maximum atomic E-state index is 12.8. The highest BCUT2D eigenvalue weighted by Gasteiger charge is 2.52. The van der Waals surface area contributed by atoms with E-state index >= 15 is 0 Å². The van der Waals surface area contributed by atoms with Gasteiger partial charge in [0, 0.05) is 14.5 Å². The molecule has 3 atom stereocenters. The van der Waals surface area contributed by atoms with Gasteiger partial charge in [-0.05, 0) is 32.6 Å². The Morgan fingerprint density at radius 1 is 1.04 bits per heavy atom. The Hall–Kier alpha value is -1.57. The fourth-order valence-electron chi connectivity index (χ4n) is 3.96. The Kier molecular flexibility index (Phi) is 6.13. The highest BCUT2D eigenvalue weighted by atomic mass is 28.3. The Balaban J connectivity index is 2.41. The molecule has 3 fully saturated rings. The molecule has 3 rings (SSSR count). The number of ether oxygens (including phenoxy) is 2. The molecule has 142 valence electrons. The Labute approximate surface area is 150 Å². The number of hydrogen-bond acceptors (Lipinski definition) is 5. The van der Waals surface area contributed by atoms with Gasteiger partial charge in [-0.2, -0.15) is 0 Å². The molecule has 0 N–H and O–H groups in total. The molecule has 0 aromatic rings. The predicted octanol–water partition coefficient (Wildman–Crippen LogP) is 3.28. The van der Waals surface area contributed by atoms with Crippen molar-refractivity contribution in [2.45, 2.75) is 70.9 Å². The minimum absolute atomic E-state index is 0.0191. The Morgan fingerprint density at radius 2 is 1.60 bits per heavy atom. The molecule has 7 nitrogen and oxygen atoms in total. The normalized spacial score (nSPS) is 26.4. The first kappa shape index (κ1) is 19.7. The van der Waals surface area contributed by atoms with Gasteiger partial charge in [-0.25, -0.2) is 19.6 Å². The quantitative estimate of drug-likeness (QED) is 0.710. The number of Topliss-reactive ketones (excluding diaryl/α,β-unsaturated/α-hetero) is 1. The van der Waals surface area contributed by atoms with E-state index in [1.54, 1.807) is 13.8 Å². The van der Waals surface area contributed by atoms with Gasteiger partial charge in [-0.3, -0.25) is 4.79 Å². The molecular weight excluding hydrogens is 340 g/mol.